The number of phenolic OH excluding ortho intramolecular Hbond substituents is 1. The lowest BCUT2D eigenvalue weighted by molar-refractivity contribution is -0.148. The van der Waals surface area contributed by atoms with Gasteiger partial charge in [0.15, 0.2) is 11.4 Å². The lowest BCUT2D eigenvalue weighted by Gasteiger charge is -2.50. The Bertz CT molecular complexity index is 1440. The number of carbonyl (C=O) groups excluding carboxylic acids is 3. The van der Waals surface area contributed by atoms with Crippen LogP contribution in [0.5, 0.6) is 5.75 Å². The molecule has 5 rings (SSSR count). The van der Waals surface area contributed by atoms with E-state index in [2.05, 4.69) is 4.98 Å². The third kappa shape index (κ3) is 3.25. The third-order valence-corrected chi connectivity index (χ3v) is 7.85. The predicted molar refractivity (Wildman–Crippen MR) is 132 cm³/mol. The zero-order valence-electron chi connectivity index (χ0n) is 20.5. The lowest BCUT2D eigenvalue weighted by Crippen LogP contribution is -2.63. The topological polar surface area (TPSA) is 174 Å². The summed E-state index contributed by atoms with van der Waals surface area (Å²) in [5.41, 5.74) is 3.87. The van der Waals surface area contributed by atoms with Crippen LogP contribution in [0.1, 0.15) is 27.9 Å². The van der Waals surface area contributed by atoms with Gasteiger partial charge in [-0.05, 0) is 69.1 Å². The van der Waals surface area contributed by atoms with Gasteiger partial charge in [-0.1, -0.05) is 6.07 Å². The van der Waals surface area contributed by atoms with Crippen molar-refractivity contribution in [3.8, 4) is 17.0 Å². The number of aliphatic hydroxyl groups excluding tert-OH is 2. The van der Waals surface area contributed by atoms with Crippen LogP contribution in [0.4, 0.5) is 0 Å². The largest absolute Gasteiger partial charge is 0.510 e. The van der Waals surface area contributed by atoms with Crippen LogP contribution < -0.4 is 5.73 Å². The first-order chi connectivity index (χ1) is 17.4. The molecule has 37 heavy (non-hydrogen) atoms. The molecule has 0 saturated heterocycles. The van der Waals surface area contributed by atoms with E-state index < -0.39 is 58.0 Å². The Labute approximate surface area is 212 Å². The Hall–Kier alpha value is -4.02. The minimum atomic E-state index is -2.66. The number of nitrogens with zero attached hydrogens (tertiary/aromatic N) is 2. The van der Waals surface area contributed by atoms with Crippen molar-refractivity contribution in [1.29, 1.82) is 0 Å². The average molecular weight is 506 g/mol. The summed E-state index contributed by atoms with van der Waals surface area (Å²) >= 11 is 0. The standard InChI is InChI=1S/C27H27N3O7/c1-11-8-13(16-6-4-5-7-29-16)14-9-12-10-15-20(30(2)3)23(33)19(26(28)36)25(35)27(15,37)24(34)17(12)22(32)18(14)21(11)31/h4-8,12,15,20,31,33-34,37H,9-10H2,1-3H3,(H2,28,36)/t12-,15-,20-,27-/m0/s1. The fraction of sp³-hybridized carbons (Fsp3) is 0.333. The maximum atomic E-state index is 13.9. The van der Waals surface area contributed by atoms with E-state index >= 15 is 0 Å². The summed E-state index contributed by atoms with van der Waals surface area (Å²) in [6.07, 6.45) is 1.85. The van der Waals surface area contributed by atoms with E-state index in [-0.39, 0.29) is 29.7 Å². The molecule has 10 heteroatoms. The molecule has 0 unspecified atom stereocenters. The van der Waals surface area contributed by atoms with Gasteiger partial charge in [-0.25, -0.2) is 0 Å². The fourth-order valence-electron chi connectivity index (χ4n) is 6.20. The Morgan fingerprint density at radius 1 is 1.19 bits per heavy atom. The van der Waals surface area contributed by atoms with Crippen LogP contribution >= 0.6 is 0 Å². The highest BCUT2D eigenvalue weighted by molar-refractivity contribution is 6.25. The number of pyridine rings is 1. The highest BCUT2D eigenvalue weighted by Gasteiger charge is 2.63. The molecule has 192 valence electrons. The summed E-state index contributed by atoms with van der Waals surface area (Å²) in [6, 6.07) is 6.07. The van der Waals surface area contributed by atoms with Crippen LogP contribution in [-0.4, -0.2) is 73.5 Å². The van der Waals surface area contributed by atoms with Crippen molar-refractivity contribution in [3.05, 3.63) is 69.8 Å². The molecule has 0 bridgehead atoms. The van der Waals surface area contributed by atoms with Gasteiger partial charge in [-0.3, -0.25) is 24.3 Å². The van der Waals surface area contributed by atoms with E-state index in [1.807, 2.05) is 0 Å². The number of fused-ring (bicyclic) bond motifs is 3. The van der Waals surface area contributed by atoms with E-state index in [0.717, 1.165) is 0 Å². The van der Waals surface area contributed by atoms with Crippen molar-refractivity contribution in [2.24, 2.45) is 17.6 Å². The van der Waals surface area contributed by atoms with Gasteiger partial charge in [-0.15, -0.1) is 0 Å². The zero-order chi connectivity index (χ0) is 27.0. The molecule has 1 aromatic heterocycles. The molecule has 0 saturated carbocycles. The van der Waals surface area contributed by atoms with Crippen molar-refractivity contribution in [2.75, 3.05) is 14.1 Å². The number of hydrogen-bond acceptors (Lipinski definition) is 9. The molecule has 1 aromatic carbocycles. The molecule has 3 aliphatic carbocycles. The summed E-state index contributed by atoms with van der Waals surface area (Å²) in [6.45, 7) is 1.64. The van der Waals surface area contributed by atoms with E-state index in [1.54, 1.807) is 51.5 Å². The number of ketones is 2. The monoisotopic (exact) mass is 505 g/mol. The number of primary amides is 1. The summed E-state index contributed by atoms with van der Waals surface area (Å²) < 4.78 is 0. The first-order valence-corrected chi connectivity index (χ1v) is 11.8. The van der Waals surface area contributed by atoms with Gasteiger partial charge in [0.2, 0.25) is 5.78 Å². The number of nitrogens with two attached hydrogens (primary N) is 1. The normalized spacial score (nSPS) is 27.2. The van der Waals surface area contributed by atoms with Crippen LogP contribution in [0.25, 0.3) is 11.3 Å². The van der Waals surface area contributed by atoms with Crippen LogP contribution in [0.3, 0.4) is 0 Å². The molecule has 2 aromatic rings. The Balaban J connectivity index is 1.76. The zero-order valence-corrected chi connectivity index (χ0v) is 20.5. The fourth-order valence-corrected chi connectivity index (χ4v) is 6.20. The maximum Gasteiger partial charge on any atom is 0.255 e. The highest BCUT2D eigenvalue weighted by atomic mass is 16.3. The molecule has 0 spiro atoms. The van der Waals surface area contributed by atoms with Crippen LogP contribution in [0.2, 0.25) is 0 Å². The second-order valence-electron chi connectivity index (χ2n) is 10.1. The smallest absolute Gasteiger partial charge is 0.255 e. The number of aliphatic hydroxyl groups is 3. The van der Waals surface area contributed by atoms with Crippen molar-refractivity contribution in [2.45, 2.75) is 31.4 Å². The van der Waals surface area contributed by atoms with Crippen LogP contribution in [0, 0.1) is 18.8 Å². The minimum absolute atomic E-state index is 0.0264. The number of aromatic hydroxyl groups is 1. The number of phenols is 1. The Morgan fingerprint density at radius 2 is 1.89 bits per heavy atom. The van der Waals surface area contributed by atoms with E-state index in [1.165, 1.54) is 4.90 Å². The molecule has 10 nitrogen and oxygen atoms in total. The number of amides is 1. The van der Waals surface area contributed by atoms with Crippen molar-refractivity contribution in [3.63, 3.8) is 0 Å². The van der Waals surface area contributed by atoms with Gasteiger partial charge >= 0.3 is 0 Å². The number of Topliss-reactive ketones (excluding diaryl/α,β-unsaturated/α-hetero) is 2. The predicted octanol–water partition coefficient (Wildman–Crippen LogP) is 1.49. The molecular formula is C27H27N3O7. The van der Waals surface area contributed by atoms with E-state index in [4.69, 9.17) is 5.73 Å². The first kappa shape index (κ1) is 24.7. The minimum Gasteiger partial charge on any atom is -0.510 e. The number of allylic oxidation sites excluding steroid dienone is 1. The van der Waals surface area contributed by atoms with Gasteiger partial charge in [-0.2, -0.15) is 0 Å². The average Bonchev–Trinajstić information content (AvgIpc) is 2.83. The number of aryl methyl sites for hydroxylation is 1. The molecule has 6 N–H and O–H groups in total. The van der Waals surface area contributed by atoms with Crippen LogP contribution in [0.15, 0.2) is 53.1 Å². The number of benzene rings is 1. The van der Waals surface area contributed by atoms with Crippen LogP contribution in [-0.2, 0) is 16.0 Å². The number of aromatic nitrogens is 1. The molecule has 0 fully saturated rings. The second kappa shape index (κ2) is 8.25. The van der Waals surface area contributed by atoms with Gasteiger partial charge in [0, 0.05) is 23.3 Å². The SMILES string of the molecule is Cc1cc(-c2ccccn2)c2c(c1O)C(=O)C1=C(O)[C@]3(O)C(=O)C(C(N)=O)=C(O)[C@@H](N(C)C)[C@@H]3C[C@@H]1C2. The molecule has 4 atom stereocenters. The van der Waals surface area contributed by atoms with Gasteiger partial charge in [0.1, 0.15) is 22.8 Å². The van der Waals surface area contributed by atoms with E-state index in [0.29, 0.717) is 22.4 Å². The Morgan fingerprint density at radius 3 is 2.49 bits per heavy atom. The number of likely N-dealkylation sites (N-methyl/N-ethyl adjacent to an activating group) is 1. The van der Waals surface area contributed by atoms with Crippen molar-refractivity contribution in [1.82, 2.24) is 9.88 Å². The van der Waals surface area contributed by atoms with Gasteiger partial charge < -0.3 is 26.2 Å². The Kier molecular flexibility index (Phi) is 5.50. The highest BCUT2D eigenvalue weighted by Crippen LogP contribution is 2.53. The first-order valence-electron chi connectivity index (χ1n) is 11.8. The third-order valence-electron chi connectivity index (χ3n) is 7.85. The summed E-state index contributed by atoms with van der Waals surface area (Å²) in [7, 11) is 3.18. The van der Waals surface area contributed by atoms with E-state index in [9.17, 15) is 34.8 Å². The van der Waals surface area contributed by atoms with Crippen molar-refractivity contribution >= 4 is 17.5 Å². The molecule has 0 aliphatic heterocycles. The molecule has 3 aliphatic rings. The van der Waals surface area contributed by atoms with Gasteiger partial charge in [0.25, 0.3) is 5.91 Å². The quantitative estimate of drug-likeness (QED) is 0.387. The van der Waals surface area contributed by atoms with Crippen molar-refractivity contribution < 1.29 is 34.8 Å². The maximum absolute atomic E-state index is 13.9. The summed E-state index contributed by atoms with van der Waals surface area (Å²) in [5.74, 6) is -6.69. The summed E-state index contributed by atoms with van der Waals surface area (Å²) in [5, 5.41) is 44.8. The molecule has 0 radical (unpaired) electrons. The molecule has 1 heterocycles. The summed E-state index contributed by atoms with van der Waals surface area (Å²) in [4.78, 5) is 45.2. The number of hydrogen-bond donors (Lipinski definition) is 5. The molecule has 1 amide bonds. The lowest BCUT2D eigenvalue weighted by atomic mass is 9.58. The second-order valence-corrected chi connectivity index (χ2v) is 10.1. The number of rotatable bonds is 3. The molecular weight excluding hydrogens is 478 g/mol. The number of carbonyl (C=O) groups is 3. The van der Waals surface area contributed by atoms with Gasteiger partial charge in [0.05, 0.1) is 17.3 Å².